The van der Waals surface area contributed by atoms with Crippen molar-refractivity contribution in [3.63, 3.8) is 0 Å². The summed E-state index contributed by atoms with van der Waals surface area (Å²) < 4.78 is 2.04. The summed E-state index contributed by atoms with van der Waals surface area (Å²) in [4.78, 5) is 19.1. The van der Waals surface area contributed by atoms with Crippen LogP contribution in [0.3, 0.4) is 0 Å². The highest BCUT2D eigenvalue weighted by Crippen LogP contribution is 2.24. The third-order valence-corrected chi connectivity index (χ3v) is 4.93. The Kier molecular flexibility index (Phi) is 4.38. The number of carbonyl (C=O) groups excluding carboxylic acids is 1. The van der Waals surface area contributed by atoms with E-state index in [4.69, 9.17) is 0 Å². The number of nitrogens with zero attached hydrogens (tertiary/aromatic N) is 4. The summed E-state index contributed by atoms with van der Waals surface area (Å²) in [6.07, 6.45) is 3.82. The minimum Gasteiger partial charge on any atom is -0.361 e. The maximum absolute atomic E-state index is 11.9. The van der Waals surface area contributed by atoms with Crippen molar-refractivity contribution in [3.05, 3.63) is 54.0 Å². The zero-order chi connectivity index (χ0) is 18.1. The SMILES string of the molecule is CN(C)C(=O)NCC1CN(Cc2cccc3[nH]ccc23)Cc2ccnn21. The number of hydrogen-bond donors (Lipinski definition) is 2. The summed E-state index contributed by atoms with van der Waals surface area (Å²) in [5, 5.41) is 8.72. The third-order valence-electron chi connectivity index (χ3n) is 4.93. The minimum absolute atomic E-state index is 0.0760. The molecule has 0 radical (unpaired) electrons. The first kappa shape index (κ1) is 16.7. The molecule has 136 valence electrons. The minimum atomic E-state index is -0.0760. The number of nitrogens with one attached hydrogen (secondary N) is 2. The first-order valence-corrected chi connectivity index (χ1v) is 8.86. The maximum atomic E-state index is 11.9. The molecule has 1 aromatic carbocycles. The van der Waals surface area contributed by atoms with Crippen LogP contribution >= 0.6 is 0 Å². The molecular weight excluding hydrogens is 328 g/mol. The number of urea groups is 1. The fourth-order valence-electron chi connectivity index (χ4n) is 3.63. The van der Waals surface area contributed by atoms with E-state index in [2.05, 4.69) is 50.6 Å². The molecule has 0 fully saturated rings. The Morgan fingerprint density at radius 1 is 1.35 bits per heavy atom. The van der Waals surface area contributed by atoms with Gasteiger partial charge >= 0.3 is 6.03 Å². The average Bonchev–Trinajstić information content (AvgIpc) is 3.28. The van der Waals surface area contributed by atoms with Crippen LogP contribution < -0.4 is 5.32 Å². The lowest BCUT2D eigenvalue weighted by Gasteiger charge is -2.34. The van der Waals surface area contributed by atoms with Crippen LogP contribution in [0.5, 0.6) is 0 Å². The second kappa shape index (κ2) is 6.84. The van der Waals surface area contributed by atoms with E-state index in [1.54, 1.807) is 19.0 Å². The molecule has 0 spiro atoms. The fourth-order valence-corrected chi connectivity index (χ4v) is 3.63. The summed E-state index contributed by atoms with van der Waals surface area (Å²) in [6.45, 7) is 3.15. The molecule has 1 aliphatic rings. The van der Waals surface area contributed by atoms with Crippen LogP contribution in [0.15, 0.2) is 42.7 Å². The molecule has 2 N–H and O–H groups in total. The number of H-pyrrole nitrogens is 1. The molecular formula is C19H24N6O. The molecule has 4 rings (SSSR count). The van der Waals surface area contributed by atoms with Gasteiger partial charge in [0.05, 0.1) is 11.7 Å². The van der Waals surface area contributed by atoms with Gasteiger partial charge in [0.2, 0.25) is 0 Å². The van der Waals surface area contributed by atoms with Gasteiger partial charge in [-0.1, -0.05) is 12.1 Å². The van der Waals surface area contributed by atoms with E-state index in [1.807, 2.05) is 17.1 Å². The zero-order valence-corrected chi connectivity index (χ0v) is 15.1. The highest BCUT2D eigenvalue weighted by atomic mass is 16.2. The Balaban J connectivity index is 1.52. The lowest BCUT2D eigenvalue weighted by Crippen LogP contribution is -2.44. The highest BCUT2D eigenvalue weighted by Gasteiger charge is 2.26. The number of benzene rings is 1. The average molecular weight is 352 g/mol. The Hall–Kier alpha value is -2.80. The molecule has 26 heavy (non-hydrogen) atoms. The molecule has 1 atom stereocenters. The Morgan fingerprint density at radius 3 is 3.08 bits per heavy atom. The first-order valence-electron chi connectivity index (χ1n) is 8.86. The van der Waals surface area contributed by atoms with Gasteiger partial charge in [0.1, 0.15) is 0 Å². The molecule has 7 nitrogen and oxygen atoms in total. The lowest BCUT2D eigenvalue weighted by molar-refractivity contribution is 0.162. The van der Waals surface area contributed by atoms with Gasteiger partial charge in [-0.2, -0.15) is 5.10 Å². The predicted octanol–water partition coefficient (Wildman–Crippen LogP) is 2.19. The number of fused-ring (bicyclic) bond motifs is 2. The topological polar surface area (TPSA) is 69.2 Å². The number of rotatable bonds is 4. The van der Waals surface area contributed by atoms with Crippen molar-refractivity contribution in [3.8, 4) is 0 Å². The van der Waals surface area contributed by atoms with Crippen LogP contribution in [0.4, 0.5) is 4.79 Å². The van der Waals surface area contributed by atoms with Crippen molar-refractivity contribution < 1.29 is 4.79 Å². The number of hydrogen-bond acceptors (Lipinski definition) is 3. The lowest BCUT2D eigenvalue weighted by atomic mass is 10.1. The Morgan fingerprint density at radius 2 is 2.23 bits per heavy atom. The van der Waals surface area contributed by atoms with E-state index in [9.17, 15) is 4.79 Å². The molecule has 0 aliphatic carbocycles. The molecule has 0 bridgehead atoms. The van der Waals surface area contributed by atoms with Crippen molar-refractivity contribution in [2.75, 3.05) is 27.2 Å². The molecule has 0 saturated carbocycles. The van der Waals surface area contributed by atoms with E-state index >= 15 is 0 Å². The van der Waals surface area contributed by atoms with Crippen LogP contribution in [0.2, 0.25) is 0 Å². The normalized spacial score (nSPS) is 17.2. The molecule has 1 unspecified atom stereocenters. The fraction of sp³-hybridized carbons (Fsp3) is 0.368. The molecule has 0 saturated heterocycles. The maximum Gasteiger partial charge on any atom is 0.316 e. The second-order valence-electron chi connectivity index (χ2n) is 7.03. The van der Waals surface area contributed by atoms with Crippen LogP contribution in [0, 0.1) is 0 Å². The number of aromatic amines is 1. The molecule has 3 heterocycles. The zero-order valence-electron chi connectivity index (χ0n) is 15.1. The van der Waals surface area contributed by atoms with Crippen molar-refractivity contribution in [2.45, 2.75) is 19.1 Å². The van der Waals surface area contributed by atoms with Gasteiger partial charge in [0, 0.05) is 63.6 Å². The summed E-state index contributed by atoms with van der Waals surface area (Å²) in [5.74, 6) is 0. The van der Waals surface area contributed by atoms with Gasteiger partial charge in [-0.3, -0.25) is 9.58 Å². The Bertz CT molecular complexity index is 912. The molecule has 2 aromatic heterocycles. The van der Waals surface area contributed by atoms with E-state index in [0.29, 0.717) is 6.54 Å². The largest absolute Gasteiger partial charge is 0.361 e. The van der Waals surface area contributed by atoms with E-state index < -0.39 is 0 Å². The van der Waals surface area contributed by atoms with Gasteiger partial charge in [-0.25, -0.2) is 4.79 Å². The quantitative estimate of drug-likeness (QED) is 0.756. The van der Waals surface area contributed by atoms with Gasteiger partial charge in [-0.05, 0) is 23.8 Å². The summed E-state index contributed by atoms with van der Waals surface area (Å²) >= 11 is 0. The van der Waals surface area contributed by atoms with Gasteiger partial charge in [0.15, 0.2) is 0 Å². The number of aromatic nitrogens is 3. The summed E-state index contributed by atoms with van der Waals surface area (Å²) in [7, 11) is 3.50. The third kappa shape index (κ3) is 3.17. The molecule has 1 aliphatic heterocycles. The number of amides is 2. The first-order chi connectivity index (χ1) is 12.6. The van der Waals surface area contributed by atoms with Gasteiger partial charge in [0.25, 0.3) is 0 Å². The van der Waals surface area contributed by atoms with Gasteiger partial charge in [-0.15, -0.1) is 0 Å². The van der Waals surface area contributed by atoms with Crippen molar-refractivity contribution in [1.82, 2.24) is 29.9 Å². The van der Waals surface area contributed by atoms with E-state index in [1.165, 1.54) is 22.2 Å². The van der Waals surface area contributed by atoms with Gasteiger partial charge < -0.3 is 15.2 Å². The molecule has 2 amide bonds. The van der Waals surface area contributed by atoms with Crippen LogP contribution in [0.25, 0.3) is 10.9 Å². The van der Waals surface area contributed by atoms with Crippen LogP contribution in [-0.4, -0.2) is 57.8 Å². The predicted molar refractivity (Wildman–Crippen MR) is 101 cm³/mol. The summed E-state index contributed by atoms with van der Waals surface area (Å²) in [6, 6.07) is 10.6. The van der Waals surface area contributed by atoms with Crippen molar-refractivity contribution in [1.29, 1.82) is 0 Å². The monoisotopic (exact) mass is 352 g/mol. The number of carbonyl (C=O) groups is 1. The molecule has 3 aromatic rings. The van der Waals surface area contributed by atoms with E-state index in [-0.39, 0.29) is 12.1 Å². The summed E-state index contributed by atoms with van der Waals surface area (Å²) in [5.41, 5.74) is 3.66. The highest BCUT2D eigenvalue weighted by molar-refractivity contribution is 5.82. The van der Waals surface area contributed by atoms with Crippen LogP contribution in [0.1, 0.15) is 17.3 Å². The smallest absolute Gasteiger partial charge is 0.316 e. The van der Waals surface area contributed by atoms with Crippen molar-refractivity contribution in [2.24, 2.45) is 0 Å². The molecule has 7 heteroatoms. The van der Waals surface area contributed by atoms with Crippen molar-refractivity contribution >= 4 is 16.9 Å². The van der Waals surface area contributed by atoms with Crippen LogP contribution in [-0.2, 0) is 13.1 Å². The standard InChI is InChI=1S/C19H24N6O/c1-23(2)19(26)21-10-16-13-24(12-15-6-9-22-25(15)16)11-14-4-3-5-18-17(14)7-8-20-18/h3-9,16,20H,10-13H2,1-2H3,(H,21,26). The second-order valence-corrected chi connectivity index (χ2v) is 7.03. The Labute approximate surface area is 152 Å². The van der Waals surface area contributed by atoms with E-state index in [0.717, 1.165) is 19.6 Å².